The molecule has 1 N–H and O–H groups in total. The molecule has 0 fully saturated rings. The number of carbonyl (C=O) groups excluding carboxylic acids is 1. The minimum Gasteiger partial charge on any atom is -0.494 e. The standard InChI is InChI=1S/C22H24F2N4O2/c1-14-8-9-20(30-4)18(12-14)28-11-10-17(26-28)22(29)25-13-19(27(2)3)21-15(23)6-5-7-16(21)24/h5-12,19H,13H2,1-4H3,(H,25,29). The predicted octanol–water partition coefficient (Wildman–Crippen LogP) is 3.50. The first kappa shape index (κ1) is 21.4. The number of amides is 1. The van der Waals surface area contributed by atoms with E-state index in [1.165, 1.54) is 18.2 Å². The summed E-state index contributed by atoms with van der Waals surface area (Å²) in [5.74, 6) is -1.13. The zero-order valence-electron chi connectivity index (χ0n) is 17.3. The van der Waals surface area contributed by atoms with Crippen LogP contribution in [0.1, 0.15) is 27.7 Å². The SMILES string of the molecule is COc1ccc(C)cc1-n1ccc(C(=O)NCC(c2c(F)cccc2F)N(C)C)n1. The van der Waals surface area contributed by atoms with Crippen molar-refractivity contribution in [3.8, 4) is 11.4 Å². The van der Waals surface area contributed by atoms with Gasteiger partial charge < -0.3 is 15.0 Å². The molecule has 0 aliphatic heterocycles. The third-order valence-corrected chi connectivity index (χ3v) is 4.82. The van der Waals surface area contributed by atoms with Gasteiger partial charge in [-0.15, -0.1) is 0 Å². The average Bonchev–Trinajstić information content (AvgIpc) is 3.20. The molecule has 0 spiro atoms. The number of nitrogens with zero attached hydrogens (tertiary/aromatic N) is 3. The Bertz CT molecular complexity index is 1030. The van der Waals surface area contributed by atoms with Gasteiger partial charge in [0.25, 0.3) is 5.91 Å². The van der Waals surface area contributed by atoms with Crippen LogP contribution in [0.25, 0.3) is 5.69 Å². The Hall–Kier alpha value is -3.26. The quantitative estimate of drug-likeness (QED) is 0.643. The van der Waals surface area contributed by atoms with Gasteiger partial charge in [0.15, 0.2) is 5.69 Å². The second kappa shape index (κ2) is 9.04. The molecule has 0 saturated heterocycles. The van der Waals surface area contributed by atoms with Crippen LogP contribution >= 0.6 is 0 Å². The molecule has 1 heterocycles. The molecule has 30 heavy (non-hydrogen) atoms. The number of methoxy groups -OCH3 is 1. The van der Waals surface area contributed by atoms with Crippen LogP contribution in [0.5, 0.6) is 5.75 Å². The largest absolute Gasteiger partial charge is 0.494 e. The van der Waals surface area contributed by atoms with Crippen molar-refractivity contribution in [3.05, 3.63) is 77.1 Å². The van der Waals surface area contributed by atoms with E-state index < -0.39 is 23.6 Å². The highest BCUT2D eigenvalue weighted by Crippen LogP contribution is 2.25. The molecule has 158 valence electrons. The molecule has 0 saturated carbocycles. The van der Waals surface area contributed by atoms with Crippen LogP contribution in [0, 0.1) is 18.6 Å². The molecule has 0 aliphatic rings. The van der Waals surface area contributed by atoms with E-state index in [0.717, 1.165) is 5.56 Å². The van der Waals surface area contributed by atoms with E-state index in [4.69, 9.17) is 4.74 Å². The average molecular weight is 414 g/mol. The maximum Gasteiger partial charge on any atom is 0.271 e. The zero-order chi connectivity index (χ0) is 21.8. The summed E-state index contributed by atoms with van der Waals surface area (Å²) in [5, 5.41) is 7.04. The van der Waals surface area contributed by atoms with Gasteiger partial charge in [-0.25, -0.2) is 13.5 Å². The Balaban J connectivity index is 1.78. The van der Waals surface area contributed by atoms with Crippen molar-refractivity contribution >= 4 is 5.91 Å². The molecule has 0 radical (unpaired) electrons. The second-order valence-electron chi connectivity index (χ2n) is 7.15. The molecule has 3 rings (SSSR count). The normalized spacial score (nSPS) is 12.1. The van der Waals surface area contributed by atoms with Gasteiger partial charge in [0, 0.05) is 18.3 Å². The molecule has 3 aromatic rings. The number of hydrogen-bond acceptors (Lipinski definition) is 4. The lowest BCUT2D eigenvalue weighted by atomic mass is 10.0. The third-order valence-electron chi connectivity index (χ3n) is 4.82. The smallest absolute Gasteiger partial charge is 0.271 e. The Morgan fingerprint density at radius 3 is 2.53 bits per heavy atom. The molecule has 1 atom stereocenters. The van der Waals surface area contributed by atoms with Crippen LogP contribution in [0.4, 0.5) is 8.78 Å². The number of likely N-dealkylation sites (N-methyl/N-ethyl adjacent to an activating group) is 1. The molecule has 2 aromatic carbocycles. The minimum absolute atomic E-state index is 0.0182. The van der Waals surface area contributed by atoms with E-state index >= 15 is 0 Å². The lowest BCUT2D eigenvalue weighted by Crippen LogP contribution is -2.35. The highest BCUT2D eigenvalue weighted by atomic mass is 19.1. The summed E-state index contributed by atoms with van der Waals surface area (Å²) >= 11 is 0. The van der Waals surface area contributed by atoms with E-state index in [-0.39, 0.29) is 17.8 Å². The number of ether oxygens (including phenoxy) is 1. The van der Waals surface area contributed by atoms with E-state index in [9.17, 15) is 13.6 Å². The first-order chi connectivity index (χ1) is 14.3. The van der Waals surface area contributed by atoms with Crippen LogP contribution in [0.3, 0.4) is 0 Å². The molecule has 0 aliphatic carbocycles. The first-order valence-electron chi connectivity index (χ1n) is 9.41. The first-order valence-corrected chi connectivity index (χ1v) is 9.41. The number of hydrogen-bond donors (Lipinski definition) is 1. The number of aromatic nitrogens is 2. The fraction of sp³-hybridized carbons (Fsp3) is 0.273. The van der Waals surface area contributed by atoms with Crippen molar-refractivity contribution in [2.45, 2.75) is 13.0 Å². The molecule has 0 bridgehead atoms. The van der Waals surface area contributed by atoms with Crippen LogP contribution < -0.4 is 10.1 Å². The van der Waals surface area contributed by atoms with Crippen molar-refractivity contribution in [3.63, 3.8) is 0 Å². The van der Waals surface area contributed by atoms with Crippen molar-refractivity contribution in [1.82, 2.24) is 20.0 Å². The van der Waals surface area contributed by atoms with E-state index in [1.807, 2.05) is 25.1 Å². The number of nitrogens with one attached hydrogen (secondary N) is 1. The van der Waals surface area contributed by atoms with Crippen LogP contribution in [0.2, 0.25) is 0 Å². The fourth-order valence-corrected chi connectivity index (χ4v) is 3.21. The van der Waals surface area contributed by atoms with E-state index in [2.05, 4.69) is 10.4 Å². The number of carbonyl (C=O) groups is 1. The van der Waals surface area contributed by atoms with Gasteiger partial charge >= 0.3 is 0 Å². The van der Waals surface area contributed by atoms with Gasteiger partial charge in [0.2, 0.25) is 0 Å². The van der Waals surface area contributed by atoms with Gasteiger partial charge in [-0.05, 0) is 56.9 Å². The Labute approximate surface area is 174 Å². The van der Waals surface area contributed by atoms with Crippen LogP contribution in [-0.2, 0) is 0 Å². The number of halogens is 2. The lowest BCUT2D eigenvalue weighted by Gasteiger charge is -2.25. The number of benzene rings is 2. The summed E-state index contributed by atoms with van der Waals surface area (Å²) in [7, 11) is 4.96. The summed E-state index contributed by atoms with van der Waals surface area (Å²) in [6.07, 6.45) is 1.66. The molecule has 1 unspecified atom stereocenters. The number of rotatable bonds is 7. The van der Waals surface area contributed by atoms with E-state index in [0.29, 0.717) is 11.4 Å². The van der Waals surface area contributed by atoms with Crippen LogP contribution in [-0.4, -0.2) is 48.3 Å². The summed E-state index contributed by atoms with van der Waals surface area (Å²) in [6, 6.07) is 10.3. The van der Waals surface area contributed by atoms with Gasteiger partial charge in [-0.1, -0.05) is 12.1 Å². The second-order valence-corrected chi connectivity index (χ2v) is 7.15. The fourth-order valence-electron chi connectivity index (χ4n) is 3.21. The summed E-state index contributed by atoms with van der Waals surface area (Å²) < 4.78 is 35.3. The summed E-state index contributed by atoms with van der Waals surface area (Å²) in [4.78, 5) is 14.3. The molecular weight excluding hydrogens is 390 g/mol. The van der Waals surface area contributed by atoms with Gasteiger partial charge in [0.05, 0.1) is 13.2 Å². The number of aryl methyl sites for hydroxylation is 1. The Morgan fingerprint density at radius 1 is 1.20 bits per heavy atom. The summed E-state index contributed by atoms with van der Waals surface area (Å²) in [5.41, 5.74) is 1.83. The van der Waals surface area contributed by atoms with Crippen molar-refractivity contribution in [2.75, 3.05) is 27.7 Å². The molecule has 8 heteroatoms. The van der Waals surface area contributed by atoms with Gasteiger partial charge in [0.1, 0.15) is 23.1 Å². The molecule has 1 aromatic heterocycles. The zero-order valence-corrected chi connectivity index (χ0v) is 17.3. The van der Waals surface area contributed by atoms with E-state index in [1.54, 1.807) is 43.1 Å². The van der Waals surface area contributed by atoms with Crippen molar-refractivity contribution < 1.29 is 18.3 Å². The van der Waals surface area contributed by atoms with Gasteiger partial charge in [-0.3, -0.25) is 4.79 Å². The van der Waals surface area contributed by atoms with Crippen molar-refractivity contribution in [1.29, 1.82) is 0 Å². The Kier molecular flexibility index (Phi) is 6.47. The minimum atomic E-state index is -0.672. The third kappa shape index (κ3) is 4.49. The predicted molar refractivity (Wildman–Crippen MR) is 110 cm³/mol. The topological polar surface area (TPSA) is 59.4 Å². The Morgan fingerprint density at radius 2 is 1.90 bits per heavy atom. The monoisotopic (exact) mass is 414 g/mol. The lowest BCUT2D eigenvalue weighted by molar-refractivity contribution is 0.0935. The highest BCUT2D eigenvalue weighted by Gasteiger charge is 2.23. The molecule has 1 amide bonds. The maximum absolute atomic E-state index is 14.2. The molecular formula is C22H24F2N4O2. The maximum atomic E-state index is 14.2. The van der Waals surface area contributed by atoms with Crippen LogP contribution in [0.15, 0.2) is 48.7 Å². The molecule has 6 nitrogen and oxygen atoms in total. The van der Waals surface area contributed by atoms with Crippen molar-refractivity contribution in [2.24, 2.45) is 0 Å². The van der Waals surface area contributed by atoms with Gasteiger partial charge in [-0.2, -0.15) is 5.10 Å². The summed E-state index contributed by atoms with van der Waals surface area (Å²) in [6.45, 7) is 1.97. The highest BCUT2D eigenvalue weighted by molar-refractivity contribution is 5.92.